The number of hydrogen-bond acceptors (Lipinski definition) is 4. The number of rotatable bonds is 8. The molecule has 4 nitrogen and oxygen atoms in total. The zero-order chi connectivity index (χ0) is 15.8. The Kier molecular flexibility index (Phi) is 6.55. The van der Waals surface area contributed by atoms with Crippen LogP contribution in [-0.4, -0.2) is 42.0 Å². The Labute approximate surface area is 136 Å². The molecule has 0 bridgehead atoms. The van der Waals surface area contributed by atoms with E-state index in [4.69, 9.17) is 0 Å². The van der Waals surface area contributed by atoms with E-state index >= 15 is 0 Å². The zero-order valence-corrected chi connectivity index (χ0v) is 14.0. The quantitative estimate of drug-likeness (QED) is 0.814. The second kappa shape index (κ2) is 8.66. The third-order valence-corrected chi connectivity index (χ3v) is 4.44. The average Bonchev–Trinajstić information content (AvgIpc) is 3.01. The summed E-state index contributed by atoms with van der Waals surface area (Å²) in [5.41, 5.74) is 1.74. The maximum absolute atomic E-state index is 12.1. The highest BCUT2D eigenvalue weighted by atomic mass is 32.1. The van der Waals surface area contributed by atoms with Crippen LogP contribution in [0.15, 0.2) is 35.7 Å². The molecule has 2 aromatic rings. The Bertz CT molecular complexity index is 579. The van der Waals surface area contributed by atoms with Crippen molar-refractivity contribution in [3.8, 4) is 0 Å². The van der Waals surface area contributed by atoms with Crippen molar-refractivity contribution in [2.75, 3.05) is 26.2 Å². The van der Waals surface area contributed by atoms with Gasteiger partial charge in [0, 0.05) is 24.9 Å². The standard InChI is InChI=1S/C17H23N3OS/c1-3-20(4-2)11-10-18-17(21)15-13-22-16(19-15)12-14-8-6-5-7-9-14/h5-9,13H,3-4,10-12H2,1-2H3,(H,18,21). The summed E-state index contributed by atoms with van der Waals surface area (Å²) in [7, 11) is 0. The normalized spacial score (nSPS) is 10.9. The monoisotopic (exact) mass is 317 g/mol. The van der Waals surface area contributed by atoms with Gasteiger partial charge in [0.1, 0.15) is 5.69 Å². The lowest BCUT2D eigenvalue weighted by Gasteiger charge is -2.17. The average molecular weight is 317 g/mol. The maximum atomic E-state index is 12.1. The SMILES string of the molecule is CCN(CC)CCNC(=O)c1csc(Cc2ccccc2)n1. The van der Waals surface area contributed by atoms with Gasteiger partial charge in [-0.3, -0.25) is 4.79 Å². The molecule has 5 heteroatoms. The Balaban J connectivity index is 1.84. The van der Waals surface area contributed by atoms with Crippen LogP contribution in [0.5, 0.6) is 0 Å². The summed E-state index contributed by atoms with van der Waals surface area (Å²) < 4.78 is 0. The van der Waals surface area contributed by atoms with Crippen molar-refractivity contribution in [1.82, 2.24) is 15.2 Å². The van der Waals surface area contributed by atoms with Crippen LogP contribution >= 0.6 is 11.3 Å². The van der Waals surface area contributed by atoms with E-state index in [0.29, 0.717) is 12.2 Å². The molecule has 1 amide bonds. The van der Waals surface area contributed by atoms with Crippen molar-refractivity contribution in [2.24, 2.45) is 0 Å². The number of nitrogens with one attached hydrogen (secondary N) is 1. The molecule has 1 N–H and O–H groups in total. The van der Waals surface area contributed by atoms with Crippen LogP contribution in [-0.2, 0) is 6.42 Å². The molecule has 0 atom stereocenters. The third kappa shape index (κ3) is 4.93. The fourth-order valence-electron chi connectivity index (χ4n) is 2.22. The highest BCUT2D eigenvalue weighted by Crippen LogP contribution is 2.14. The smallest absolute Gasteiger partial charge is 0.270 e. The summed E-state index contributed by atoms with van der Waals surface area (Å²) in [6, 6.07) is 10.2. The lowest BCUT2D eigenvalue weighted by molar-refractivity contribution is 0.0944. The molecule has 2 rings (SSSR count). The van der Waals surface area contributed by atoms with E-state index in [0.717, 1.165) is 31.1 Å². The van der Waals surface area contributed by atoms with Gasteiger partial charge >= 0.3 is 0 Å². The summed E-state index contributed by atoms with van der Waals surface area (Å²) in [6.45, 7) is 7.80. The van der Waals surface area contributed by atoms with Crippen molar-refractivity contribution in [2.45, 2.75) is 20.3 Å². The molecular formula is C17H23N3OS. The second-order valence-electron chi connectivity index (χ2n) is 5.07. The number of carbonyl (C=O) groups excluding carboxylic acids is 1. The fourth-order valence-corrected chi connectivity index (χ4v) is 3.03. The van der Waals surface area contributed by atoms with Gasteiger partial charge in [-0.1, -0.05) is 44.2 Å². The van der Waals surface area contributed by atoms with Crippen LogP contribution in [0.3, 0.4) is 0 Å². The van der Waals surface area contributed by atoms with Gasteiger partial charge in [0.15, 0.2) is 0 Å². The maximum Gasteiger partial charge on any atom is 0.270 e. The van der Waals surface area contributed by atoms with Crippen LogP contribution < -0.4 is 5.32 Å². The van der Waals surface area contributed by atoms with Gasteiger partial charge in [-0.25, -0.2) is 4.98 Å². The second-order valence-corrected chi connectivity index (χ2v) is 6.01. The summed E-state index contributed by atoms with van der Waals surface area (Å²) in [4.78, 5) is 18.8. The van der Waals surface area contributed by atoms with Gasteiger partial charge in [-0.2, -0.15) is 0 Å². The van der Waals surface area contributed by atoms with Crippen molar-refractivity contribution in [3.63, 3.8) is 0 Å². The van der Waals surface area contributed by atoms with Crippen LogP contribution in [0.4, 0.5) is 0 Å². The molecule has 0 fully saturated rings. The molecule has 0 saturated carbocycles. The molecule has 0 aliphatic carbocycles. The lowest BCUT2D eigenvalue weighted by Crippen LogP contribution is -2.34. The van der Waals surface area contributed by atoms with Crippen molar-refractivity contribution in [3.05, 3.63) is 52.0 Å². The van der Waals surface area contributed by atoms with Crippen molar-refractivity contribution >= 4 is 17.2 Å². The molecular weight excluding hydrogens is 294 g/mol. The largest absolute Gasteiger partial charge is 0.349 e. The van der Waals surface area contributed by atoms with Gasteiger partial charge < -0.3 is 10.2 Å². The molecule has 1 aromatic heterocycles. The minimum Gasteiger partial charge on any atom is -0.349 e. The van der Waals surface area contributed by atoms with Crippen LogP contribution in [0, 0.1) is 0 Å². The molecule has 0 aliphatic heterocycles. The molecule has 0 saturated heterocycles. The van der Waals surface area contributed by atoms with E-state index in [9.17, 15) is 4.79 Å². The molecule has 0 unspecified atom stereocenters. The predicted octanol–water partition coefficient (Wildman–Crippen LogP) is 2.81. The molecule has 0 aliphatic rings. The number of nitrogens with zero attached hydrogens (tertiary/aromatic N) is 2. The molecule has 1 aromatic carbocycles. The van der Waals surface area contributed by atoms with Gasteiger partial charge in [-0.15, -0.1) is 11.3 Å². The summed E-state index contributed by atoms with van der Waals surface area (Å²) in [5, 5.41) is 5.75. The van der Waals surface area contributed by atoms with Gasteiger partial charge in [-0.05, 0) is 18.7 Å². The number of carbonyl (C=O) groups is 1. The number of likely N-dealkylation sites (N-methyl/N-ethyl adjacent to an activating group) is 1. The van der Waals surface area contributed by atoms with E-state index in [2.05, 4.69) is 41.2 Å². The lowest BCUT2D eigenvalue weighted by atomic mass is 10.2. The van der Waals surface area contributed by atoms with Crippen molar-refractivity contribution in [1.29, 1.82) is 0 Å². The zero-order valence-electron chi connectivity index (χ0n) is 13.2. The van der Waals surface area contributed by atoms with Crippen LogP contribution in [0.2, 0.25) is 0 Å². The molecule has 0 spiro atoms. The van der Waals surface area contributed by atoms with Crippen LogP contribution in [0.1, 0.15) is 34.9 Å². The van der Waals surface area contributed by atoms with Crippen LogP contribution in [0.25, 0.3) is 0 Å². The molecule has 22 heavy (non-hydrogen) atoms. The van der Waals surface area contributed by atoms with Crippen molar-refractivity contribution < 1.29 is 4.79 Å². The predicted molar refractivity (Wildman–Crippen MR) is 91.5 cm³/mol. The minimum atomic E-state index is -0.0808. The molecule has 0 radical (unpaired) electrons. The summed E-state index contributed by atoms with van der Waals surface area (Å²) >= 11 is 1.54. The Hall–Kier alpha value is -1.72. The number of thiazole rings is 1. The first-order valence-corrected chi connectivity index (χ1v) is 8.59. The first kappa shape index (κ1) is 16.6. The summed E-state index contributed by atoms with van der Waals surface area (Å²) in [6.07, 6.45) is 0.776. The number of benzene rings is 1. The first-order valence-electron chi connectivity index (χ1n) is 7.71. The van der Waals surface area contributed by atoms with Gasteiger partial charge in [0.05, 0.1) is 5.01 Å². The van der Waals surface area contributed by atoms with E-state index in [1.165, 1.54) is 16.9 Å². The Morgan fingerprint density at radius 3 is 2.64 bits per heavy atom. The fraction of sp³-hybridized carbons (Fsp3) is 0.412. The Morgan fingerprint density at radius 2 is 1.95 bits per heavy atom. The van der Waals surface area contributed by atoms with E-state index < -0.39 is 0 Å². The number of amides is 1. The topological polar surface area (TPSA) is 45.2 Å². The van der Waals surface area contributed by atoms with Gasteiger partial charge in [0.2, 0.25) is 0 Å². The summed E-state index contributed by atoms with van der Waals surface area (Å²) in [5.74, 6) is -0.0808. The third-order valence-electron chi connectivity index (χ3n) is 3.59. The number of aromatic nitrogens is 1. The highest BCUT2D eigenvalue weighted by Gasteiger charge is 2.11. The van der Waals surface area contributed by atoms with E-state index in [-0.39, 0.29) is 5.91 Å². The Morgan fingerprint density at radius 1 is 1.23 bits per heavy atom. The molecule has 118 valence electrons. The molecule has 1 heterocycles. The highest BCUT2D eigenvalue weighted by molar-refractivity contribution is 7.09. The van der Waals surface area contributed by atoms with E-state index in [1.807, 2.05) is 23.6 Å². The number of hydrogen-bond donors (Lipinski definition) is 1. The first-order chi connectivity index (χ1) is 10.7. The minimum absolute atomic E-state index is 0.0808. The van der Waals surface area contributed by atoms with E-state index in [1.54, 1.807) is 0 Å². The van der Waals surface area contributed by atoms with Gasteiger partial charge in [0.25, 0.3) is 5.91 Å².